The molecule has 0 amide bonds. The van der Waals surface area contributed by atoms with Crippen molar-refractivity contribution >= 4 is 0 Å². The minimum absolute atomic E-state index is 0.384. The first kappa shape index (κ1) is 13.3. The van der Waals surface area contributed by atoms with Crippen molar-refractivity contribution in [3.8, 4) is 0 Å². The molecule has 1 aliphatic carbocycles. The molecule has 3 heteroatoms. The zero-order valence-electron chi connectivity index (χ0n) is 11.7. The number of nitrogens with zero attached hydrogens (tertiary/aromatic N) is 1. The van der Waals surface area contributed by atoms with Gasteiger partial charge in [0.15, 0.2) is 0 Å². The third-order valence-electron chi connectivity index (χ3n) is 4.59. The Balaban J connectivity index is 1.75. The van der Waals surface area contributed by atoms with Crippen LogP contribution in [0.2, 0.25) is 0 Å². The van der Waals surface area contributed by atoms with E-state index in [1.54, 1.807) is 0 Å². The van der Waals surface area contributed by atoms with Crippen molar-refractivity contribution in [2.24, 2.45) is 0 Å². The van der Waals surface area contributed by atoms with Crippen molar-refractivity contribution in [3.05, 3.63) is 0 Å². The van der Waals surface area contributed by atoms with E-state index in [0.29, 0.717) is 17.7 Å². The molecular formula is C14H28N2O. The van der Waals surface area contributed by atoms with E-state index in [2.05, 4.69) is 31.0 Å². The van der Waals surface area contributed by atoms with Crippen LogP contribution in [0.4, 0.5) is 0 Å². The fourth-order valence-electron chi connectivity index (χ4n) is 2.92. The van der Waals surface area contributed by atoms with E-state index in [1.807, 2.05) is 0 Å². The van der Waals surface area contributed by atoms with Crippen LogP contribution in [0.15, 0.2) is 0 Å². The predicted molar refractivity (Wildman–Crippen MR) is 71.3 cm³/mol. The number of hydrogen-bond acceptors (Lipinski definition) is 3. The Kier molecular flexibility index (Phi) is 4.45. The summed E-state index contributed by atoms with van der Waals surface area (Å²) >= 11 is 0. The summed E-state index contributed by atoms with van der Waals surface area (Å²) in [7, 11) is 0. The maximum atomic E-state index is 5.86. The smallest absolute Gasteiger partial charge is 0.0827 e. The lowest BCUT2D eigenvalue weighted by Crippen LogP contribution is -2.56. The van der Waals surface area contributed by atoms with Crippen molar-refractivity contribution < 1.29 is 4.74 Å². The molecule has 1 heterocycles. The zero-order valence-corrected chi connectivity index (χ0v) is 11.7. The van der Waals surface area contributed by atoms with Crippen molar-refractivity contribution in [3.63, 3.8) is 0 Å². The summed E-state index contributed by atoms with van der Waals surface area (Å²) in [6.07, 6.45) is 5.74. The summed E-state index contributed by atoms with van der Waals surface area (Å²) < 4.78 is 5.86. The van der Waals surface area contributed by atoms with Crippen LogP contribution in [0.25, 0.3) is 0 Å². The Morgan fingerprint density at radius 2 is 2.18 bits per heavy atom. The molecule has 17 heavy (non-hydrogen) atoms. The Morgan fingerprint density at radius 1 is 1.41 bits per heavy atom. The fourth-order valence-corrected chi connectivity index (χ4v) is 2.92. The van der Waals surface area contributed by atoms with Gasteiger partial charge in [0, 0.05) is 31.2 Å². The van der Waals surface area contributed by atoms with E-state index in [0.717, 1.165) is 26.2 Å². The van der Waals surface area contributed by atoms with E-state index in [1.165, 1.54) is 25.7 Å². The molecule has 0 bridgehead atoms. The Bertz CT molecular complexity index is 233. The minimum Gasteiger partial charge on any atom is -0.374 e. The molecular weight excluding hydrogens is 212 g/mol. The van der Waals surface area contributed by atoms with E-state index in [-0.39, 0.29) is 0 Å². The van der Waals surface area contributed by atoms with Crippen LogP contribution in [-0.4, -0.2) is 48.8 Å². The molecule has 1 unspecified atom stereocenters. The topological polar surface area (TPSA) is 24.5 Å². The van der Waals surface area contributed by atoms with Gasteiger partial charge in [-0.1, -0.05) is 6.92 Å². The van der Waals surface area contributed by atoms with Gasteiger partial charge < -0.3 is 10.1 Å². The molecule has 0 spiro atoms. The van der Waals surface area contributed by atoms with Gasteiger partial charge in [-0.3, -0.25) is 4.90 Å². The van der Waals surface area contributed by atoms with Gasteiger partial charge in [0.2, 0.25) is 0 Å². The van der Waals surface area contributed by atoms with E-state index >= 15 is 0 Å². The van der Waals surface area contributed by atoms with Gasteiger partial charge in [-0.2, -0.15) is 0 Å². The second-order valence-electron chi connectivity index (χ2n) is 5.95. The van der Waals surface area contributed by atoms with Crippen molar-refractivity contribution in [1.82, 2.24) is 10.2 Å². The maximum absolute atomic E-state index is 5.86. The minimum atomic E-state index is 0.384. The number of nitrogens with one attached hydrogen (secondary N) is 1. The molecule has 3 nitrogen and oxygen atoms in total. The molecule has 1 saturated heterocycles. The molecule has 0 aromatic rings. The molecule has 1 aliphatic heterocycles. The molecule has 2 fully saturated rings. The van der Waals surface area contributed by atoms with Crippen LogP contribution < -0.4 is 5.32 Å². The molecule has 0 aromatic carbocycles. The normalized spacial score (nSPS) is 29.3. The van der Waals surface area contributed by atoms with Crippen LogP contribution >= 0.6 is 0 Å². The summed E-state index contributed by atoms with van der Waals surface area (Å²) in [5.74, 6) is 0. The average molecular weight is 240 g/mol. The largest absolute Gasteiger partial charge is 0.374 e. The van der Waals surface area contributed by atoms with E-state index in [4.69, 9.17) is 4.74 Å². The SMILES string of the molecule is CCC1(NCC2CN(C(C)C)CCO2)CCC1. The zero-order chi connectivity index (χ0) is 12.3. The average Bonchev–Trinajstić information content (AvgIpc) is 2.28. The summed E-state index contributed by atoms with van der Waals surface area (Å²) in [5.41, 5.74) is 0.448. The fraction of sp³-hybridized carbons (Fsp3) is 1.00. The van der Waals surface area contributed by atoms with Crippen molar-refractivity contribution in [2.45, 2.75) is 64.1 Å². The molecule has 0 aromatic heterocycles. The van der Waals surface area contributed by atoms with Gasteiger partial charge in [-0.25, -0.2) is 0 Å². The highest BCUT2D eigenvalue weighted by molar-refractivity contribution is 4.95. The second-order valence-corrected chi connectivity index (χ2v) is 5.95. The van der Waals surface area contributed by atoms with Crippen LogP contribution in [0.5, 0.6) is 0 Å². The summed E-state index contributed by atoms with van der Waals surface area (Å²) in [5, 5.41) is 3.76. The van der Waals surface area contributed by atoms with E-state index < -0.39 is 0 Å². The van der Waals surface area contributed by atoms with E-state index in [9.17, 15) is 0 Å². The monoisotopic (exact) mass is 240 g/mol. The lowest BCUT2D eigenvalue weighted by Gasteiger charge is -2.44. The summed E-state index contributed by atoms with van der Waals surface area (Å²) in [4.78, 5) is 2.52. The number of hydrogen-bond donors (Lipinski definition) is 1. The first-order chi connectivity index (χ1) is 8.15. The van der Waals surface area contributed by atoms with Gasteiger partial charge in [-0.15, -0.1) is 0 Å². The van der Waals surface area contributed by atoms with Gasteiger partial charge in [0.05, 0.1) is 12.7 Å². The molecule has 1 saturated carbocycles. The quantitative estimate of drug-likeness (QED) is 0.795. The molecule has 2 aliphatic rings. The van der Waals surface area contributed by atoms with Gasteiger partial charge >= 0.3 is 0 Å². The van der Waals surface area contributed by atoms with Crippen LogP contribution in [0, 0.1) is 0 Å². The molecule has 0 radical (unpaired) electrons. The number of rotatable bonds is 5. The molecule has 2 rings (SSSR count). The van der Waals surface area contributed by atoms with Crippen molar-refractivity contribution in [2.75, 3.05) is 26.2 Å². The molecule has 1 atom stereocenters. The maximum Gasteiger partial charge on any atom is 0.0827 e. The standard InChI is InChI=1S/C14H28N2O/c1-4-14(6-5-7-14)15-10-13-11-16(12(2)3)8-9-17-13/h12-13,15H,4-11H2,1-3H3. The first-order valence-corrected chi connectivity index (χ1v) is 7.26. The predicted octanol–water partition coefficient (Wildman–Crippen LogP) is 2.02. The Morgan fingerprint density at radius 3 is 2.71 bits per heavy atom. The summed E-state index contributed by atoms with van der Waals surface area (Å²) in [6.45, 7) is 10.9. The first-order valence-electron chi connectivity index (χ1n) is 7.26. The third kappa shape index (κ3) is 3.21. The summed E-state index contributed by atoms with van der Waals surface area (Å²) in [6, 6.07) is 0.644. The molecule has 1 N–H and O–H groups in total. The van der Waals surface area contributed by atoms with Crippen LogP contribution in [0.3, 0.4) is 0 Å². The van der Waals surface area contributed by atoms with Crippen LogP contribution in [0.1, 0.15) is 46.5 Å². The number of morpholine rings is 1. The van der Waals surface area contributed by atoms with Gasteiger partial charge in [0.25, 0.3) is 0 Å². The highest BCUT2D eigenvalue weighted by Gasteiger charge is 2.35. The lowest BCUT2D eigenvalue weighted by molar-refractivity contribution is -0.0426. The van der Waals surface area contributed by atoms with Gasteiger partial charge in [-0.05, 0) is 39.5 Å². The Labute approximate surface area is 106 Å². The second kappa shape index (κ2) is 5.68. The Hall–Kier alpha value is -0.120. The third-order valence-corrected chi connectivity index (χ3v) is 4.59. The number of ether oxygens (including phenoxy) is 1. The van der Waals surface area contributed by atoms with Crippen LogP contribution in [-0.2, 0) is 4.74 Å². The van der Waals surface area contributed by atoms with Gasteiger partial charge in [0.1, 0.15) is 0 Å². The highest BCUT2D eigenvalue weighted by atomic mass is 16.5. The highest BCUT2D eigenvalue weighted by Crippen LogP contribution is 2.34. The lowest BCUT2D eigenvalue weighted by atomic mass is 9.75. The molecule has 100 valence electrons. The van der Waals surface area contributed by atoms with Crippen molar-refractivity contribution in [1.29, 1.82) is 0 Å².